The third-order valence-corrected chi connectivity index (χ3v) is 2.18. The fourth-order valence-corrected chi connectivity index (χ4v) is 1.58. The van der Waals surface area contributed by atoms with E-state index in [2.05, 4.69) is 20.4 Å². The summed E-state index contributed by atoms with van der Waals surface area (Å²) in [5.41, 5.74) is 3.36. The molecule has 1 nitrogen and oxygen atoms in total. The standard InChI is InChI=1S/C13H18O/c1-9(2)7-11-5-6-12(14)8-13(11)10(3)4/h5-6,8-9,14H,3,7H2,1-2,4H3. The largest absolute Gasteiger partial charge is 0.508 e. The van der Waals surface area contributed by atoms with E-state index in [-0.39, 0.29) is 0 Å². The van der Waals surface area contributed by atoms with E-state index < -0.39 is 0 Å². The van der Waals surface area contributed by atoms with Crippen LogP contribution < -0.4 is 0 Å². The van der Waals surface area contributed by atoms with Gasteiger partial charge in [-0.1, -0.05) is 32.1 Å². The molecule has 0 fully saturated rings. The Morgan fingerprint density at radius 1 is 1.43 bits per heavy atom. The number of allylic oxidation sites excluding steroid dienone is 1. The number of hydrogen-bond donors (Lipinski definition) is 1. The van der Waals surface area contributed by atoms with Gasteiger partial charge in [-0.15, -0.1) is 0 Å². The fraction of sp³-hybridized carbons (Fsp3) is 0.385. The first-order valence-electron chi connectivity index (χ1n) is 4.98. The Bertz CT molecular complexity index is 337. The first-order chi connectivity index (χ1) is 6.50. The van der Waals surface area contributed by atoms with Crippen molar-refractivity contribution in [2.45, 2.75) is 27.2 Å². The lowest BCUT2D eigenvalue weighted by molar-refractivity contribution is 0.474. The van der Waals surface area contributed by atoms with Gasteiger partial charge in [0.1, 0.15) is 5.75 Å². The quantitative estimate of drug-likeness (QED) is 0.771. The van der Waals surface area contributed by atoms with E-state index in [9.17, 15) is 5.11 Å². The molecule has 0 aromatic heterocycles. The summed E-state index contributed by atoms with van der Waals surface area (Å²) in [4.78, 5) is 0. The number of benzene rings is 1. The number of phenolic OH excluding ortho intramolecular Hbond substituents is 1. The minimum Gasteiger partial charge on any atom is -0.508 e. The molecule has 0 aliphatic carbocycles. The van der Waals surface area contributed by atoms with Crippen LogP contribution in [0.25, 0.3) is 5.57 Å². The molecule has 0 saturated heterocycles. The van der Waals surface area contributed by atoms with Crippen molar-refractivity contribution in [3.63, 3.8) is 0 Å². The number of rotatable bonds is 3. The molecule has 1 aromatic rings. The van der Waals surface area contributed by atoms with Gasteiger partial charge in [0, 0.05) is 0 Å². The second-order valence-corrected chi connectivity index (χ2v) is 4.22. The summed E-state index contributed by atoms with van der Waals surface area (Å²) in [6.07, 6.45) is 1.03. The fourth-order valence-electron chi connectivity index (χ4n) is 1.58. The second kappa shape index (κ2) is 4.32. The average Bonchev–Trinajstić information content (AvgIpc) is 2.07. The van der Waals surface area contributed by atoms with Gasteiger partial charge in [-0.2, -0.15) is 0 Å². The number of aromatic hydroxyl groups is 1. The molecule has 0 bridgehead atoms. The highest BCUT2D eigenvalue weighted by Gasteiger charge is 2.06. The van der Waals surface area contributed by atoms with E-state index in [1.54, 1.807) is 12.1 Å². The summed E-state index contributed by atoms with van der Waals surface area (Å²) in [7, 11) is 0. The maximum absolute atomic E-state index is 9.38. The third-order valence-electron chi connectivity index (χ3n) is 2.18. The summed E-state index contributed by atoms with van der Waals surface area (Å²) < 4.78 is 0. The van der Waals surface area contributed by atoms with Crippen molar-refractivity contribution in [1.82, 2.24) is 0 Å². The zero-order chi connectivity index (χ0) is 10.7. The van der Waals surface area contributed by atoms with E-state index in [1.807, 2.05) is 13.0 Å². The van der Waals surface area contributed by atoms with Gasteiger partial charge in [-0.05, 0) is 42.5 Å². The van der Waals surface area contributed by atoms with E-state index in [0.29, 0.717) is 11.7 Å². The third kappa shape index (κ3) is 2.63. The molecule has 1 rings (SSSR count). The maximum Gasteiger partial charge on any atom is 0.116 e. The lowest BCUT2D eigenvalue weighted by Crippen LogP contribution is -1.97. The smallest absolute Gasteiger partial charge is 0.116 e. The monoisotopic (exact) mass is 190 g/mol. The van der Waals surface area contributed by atoms with Crippen molar-refractivity contribution < 1.29 is 5.11 Å². The molecule has 0 radical (unpaired) electrons. The molecule has 0 spiro atoms. The van der Waals surface area contributed by atoms with Crippen molar-refractivity contribution in [3.8, 4) is 5.75 Å². The Morgan fingerprint density at radius 2 is 2.07 bits per heavy atom. The lowest BCUT2D eigenvalue weighted by Gasteiger charge is -2.11. The molecular weight excluding hydrogens is 172 g/mol. The molecule has 0 atom stereocenters. The highest BCUT2D eigenvalue weighted by Crippen LogP contribution is 2.24. The maximum atomic E-state index is 9.38. The van der Waals surface area contributed by atoms with E-state index in [1.165, 1.54) is 5.56 Å². The van der Waals surface area contributed by atoms with Crippen LogP contribution >= 0.6 is 0 Å². The van der Waals surface area contributed by atoms with Gasteiger partial charge in [-0.25, -0.2) is 0 Å². The molecule has 0 amide bonds. The predicted octanol–water partition coefficient (Wildman–Crippen LogP) is 3.62. The SMILES string of the molecule is C=C(C)c1cc(O)ccc1CC(C)C. The van der Waals surface area contributed by atoms with Crippen molar-refractivity contribution in [2.24, 2.45) is 5.92 Å². The molecule has 0 saturated carbocycles. The molecule has 1 aromatic carbocycles. The number of phenols is 1. The van der Waals surface area contributed by atoms with Crippen LogP contribution in [0.2, 0.25) is 0 Å². The van der Waals surface area contributed by atoms with Gasteiger partial charge in [0.05, 0.1) is 0 Å². The lowest BCUT2D eigenvalue weighted by atomic mass is 9.94. The van der Waals surface area contributed by atoms with Crippen molar-refractivity contribution in [1.29, 1.82) is 0 Å². The van der Waals surface area contributed by atoms with Crippen LogP contribution in [0.4, 0.5) is 0 Å². The van der Waals surface area contributed by atoms with Crippen LogP contribution in [-0.4, -0.2) is 5.11 Å². The molecule has 0 unspecified atom stereocenters. The minimum absolute atomic E-state index is 0.315. The Morgan fingerprint density at radius 3 is 2.57 bits per heavy atom. The van der Waals surface area contributed by atoms with Crippen molar-refractivity contribution in [2.75, 3.05) is 0 Å². The molecule has 0 aliphatic rings. The van der Waals surface area contributed by atoms with Crippen LogP contribution in [0, 0.1) is 5.92 Å². The summed E-state index contributed by atoms with van der Waals surface area (Å²) >= 11 is 0. The van der Waals surface area contributed by atoms with Gasteiger partial charge in [0.2, 0.25) is 0 Å². The molecule has 0 aliphatic heterocycles. The van der Waals surface area contributed by atoms with Crippen LogP contribution in [0.5, 0.6) is 5.75 Å². The van der Waals surface area contributed by atoms with Crippen molar-refractivity contribution in [3.05, 3.63) is 35.9 Å². The normalized spacial score (nSPS) is 10.6. The molecule has 1 N–H and O–H groups in total. The van der Waals surface area contributed by atoms with E-state index in [0.717, 1.165) is 17.6 Å². The van der Waals surface area contributed by atoms with E-state index >= 15 is 0 Å². The Kier molecular flexibility index (Phi) is 3.34. The van der Waals surface area contributed by atoms with Crippen LogP contribution in [0.15, 0.2) is 24.8 Å². The number of hydrogen-bond acceptors (Lipinski definition) is 1. The summed E-state index contributed by atoms with van der Waals surface area (Å²) in [6.45, 7) is 10.3. The van der Waals surface area contributed by atoms with Gasteiger partial charge in [0.25, 0.3) is 0 Å². The molecule has 14 heavy (non-hydrogen) atoms. The zero-order valence-corrected chi connectivity index (χ0v) is 9.17. The Labute approximate surface area is 86.1 Å². The highest BCUT2D eigenvalue weighted by atomic mass is 16.3. The minimum atomic E-state index is 0.315. The predicted molar refractivity (Wildman–Crippen MR) is 61.4 cm³/mol. The van der Waals surface area contributed by atoms with Gasteiger partial charge < -0.3 is 5.11 Å². The topological polar surface area (TPSA) is 20.2 Å². The van der Waals surface area contributed by atoms with Gasteiger partial charge >= 0.3 is 0 Å². The Balaban J connectivity index is 3.08. The second-order valence-electron chi connectivity index (χ2n) is 4.22. The van der Waals surface area contributed by atoms with Crippen LogP contribution in [0.3, 0.4) is 0 Å². The molecular formula is C13H18O. The van der Waals surface area contributed by atoms with Crippen LogP contribution in [0.1, 0.15) is 31.9 Å². The zero-order valence-electron chi connectivity index (χ0n) is 9.17. The highest BCUT2D eigenvalue weighted by molar-refractivity contribution is 5.66. The Hall–Kier alpha value is -1.24. The summed E-state index contributed by atoms with van der Waals surface area (Å²) in [5.74, 6) is 0.938. The van der Waals surface area contributed by atoms with Gasteiger partial charge in [0.15, 0.2) is 0 Å². The van der Waals surface area contributed by atoms with Crippen molar-refractivity contribution >= 4 is 5.57 Å². The van der Waals surface area contributed by atoms with Crippen LogP contribution in [-0.2, 0) is 6.42 Å². The first kappa shape index (κ1) is 10.8. The average molecular weight is 190 g/mol. The van der Waals surface area contributed by atoms with E-state index in [4.69, 9.17) is 0 Å². The molecule has 0 heterocycles. The summed E-state index contributed by atoms with van der Waals surface area (Å²) in [6, 6.07) is 5.52. The summed E-state index contributed by atoms with van der Waals surface area (Å²) in [5, 5.41) is 9.38. The van der Waals surface area contributed by atoms with Gasteiger partial charge in [-0.3, -0.25) is 0 Å². The molecule has 76 valence electrons. The molecule has 1 heteroatoms. The first-order valence-corrected chi connectivity index (χ1v) is 4.98.